The van der Waals surface area contributed by atoms with Crippen LogP contribution in [0.15, 0.2) is 24.4 Å². The van der Waals surface area contributed by atoms with Gasteiger partial charge in [-0.3, -0.25) is 4.68 Å². The molecular formula is C11H11F3N4. The molecule has 7 heteroatoms. The molecule has 0 aliphatic rings. The number of anilines is 1. The van der Waals surface area contributed by atoms with Crippen LogP contribution in [0.2, 0.25) is 0 Å². The third-order valence-electron chi connectivity index (χ3n) is 2.45. The number of nitrogen functional groups attached to an aromatic ring is 1. The summed E-state index contributed by atoms with van der Waals surface area (Å²) in [6, 6.07) is 3.39. The summed E-state index contributed by atoms with van der Waals surface area (Å²) in [5.74, 6) is -0.163. The van der Waals surface area contributed by atoms with E-state index in [1.165, 1.54) is 6.20 Å². The molecule has 2 aromatic heterocycles. The molecule has 0 aromatic carbocycles. The molecule has 0 atom stereocenters. The van der Waals surface area contributed by atoms with Crippen LogP contribution < -0.4 is 5.73 Å². The van der Waals surface area contributed by atoms with Gasteiger partial charge in [-0.1, -0.05) is 0 Å². The largest absolute Gasteiger partial charge is 0.416 e. The van der Waals surface area contributed by atoms with Gasteiger partial charge in [-0.25, -0.2) is 4.98 Å². The number of nitrogens with two attached hydrogens (primary N) is 1. The van der Waals surface area contributed by atoms with Gasteiger partial charge in [-0.2, -0.15) is 18.3 Å². The van der Waals surface area contributed by atoms with Crippen LogP contribution in [0, 0.1) is 0 Å². The van der Waals surface area contributed by atoms with Gasteiger partial charge in [0.15, 0.2) is 0 Å². The third kappa shape index (κ3) is 2.29. The number of hydrogen-bond acceptors (Lipinski definition) is 3. The molecule has 0 saturated carbocycles. The topological polar surface area (TPSA) is 56.7 Å². The second-order valence-corrected chi connectivity index (χ2v) is 3.70. The summed E-state index contributed by atoms with van der Waals surface area (Å²) in [5, 5.41) is 3.99. The minimum atomic E-state index is -4.44. The lowest BCUT2D eigenvalue weighted by Gasteiger charge is -2.10. The minimum absolute atomic E-state index is 0.163. The Bertz CT molecular complexity index is 560. The first-order valence-corrected chi connectivity index (χ1v) is 5.28. The Labute approximate surface area is 101 Å². The summed E-state index contributed by atoms with van der Waals surface area (Å²) in [6.45, 7) is 2.38. The fourth-order valence-electron chi connectivity index (χ4n) is 1.65. The molecule has 0 unspecified atom stereocenters. The van der Waals surface area contributed by atoms with E-state index in [0.717, 1.165) is 12.1 Å². The zero-order valence-electron chi connectivity index (χ0n) is 9.57. The highest BCUT2D eigenvalue weighted by Gasteiger charge is 2.31. The van der Waals surface area contributed by atoms with Crippen molar-refractivity contribution in [3.8, 4) is 11.4 Å². The summed E-state index contributed by atoms with van der Waals surface area (Å²) < 4.78 is 39.6. The second-order valence-electron chi connectivity index (χ2n) is 3.70. The third-order valence-corrected chi connectivity index (χ3v) is 2.45. The first kappa shape index (κ1) is 12.4. The van der Waals surface area contributed by atoms with E-state index >= 15 is 0 Å². The Hall–Kier alpha value is -2.05. The summed E-state index contributed by atoms with van der Waals surface area (Å²) in [6.07, 6.45) is -2.93. The van der Waals surface area contributed by atoms with Crippen LogP contribution in [-0.4, -0.2) is 14.8 Å². The Morgan fingerprint density at radius 1 is 1.33 bits per heavy atom. The van der Waals surface area contributed by atoms with Gasteiger partial charge in [0.25, 0.3) is 0 Å². The van der Waals surface area contributed by atoms with Gasteiger partial charge in [0.2, 0.25) is 0 Å². The molecule has 0 radical (unpaired) electrons. The molecule has 96 valence electrons. The number of pyridine rings is 1. The van der Waals surface area contributed by atoms with Crippen molar-refractivity contribution in [3.63, 3.8) is 0 Å². The predicted octanol–water partition coefficient (Wildman–Crippen LogP) is 2.57. The lowest BCUT2D eigenvalue weighted by atomic mass is 10.2. The molecule has 2 heterocycles. The molecule has 0 spiro atoms. The Balaban J connectivity index is 2.56. The van der Waals surface area contributed by atoms with E-state index in [0.29, 0.717) is 12.2 Å². The van der Waals surface area contributed by atoms with Crippen molar-refractivity contribution < 1.29 is 13.2 Å². The van der Waals surface area contributed by atoms with Crippen LogP contribution in [0.25, 0.3) is 11.4 Å². The number of nitrogens with zero attached hydrogens (tertiary/aromatic N) is 3. The average molecular weight is 256 g/mol. The minimum Gasteiger partial charge on any atom is -0.384 e. The molecule has 0 bridgehead atoms. The maximum atomic E-state index is 12.7. The van der Waals surface area contributed by atoms with E-state index < -0.39 is 11.7 Å². The predicted molar refractivity (Wildman–Crippen MR) is 60.5 cm³/mol. The molecule has 4 nitrogen and oxygen atoms in total. The van der Waals surface area contributed by atoms with Crippen molar-refractivity contribution in [2.24, 2.45) is 0 Å². The number of halogens is 3. The van der Waals surface area contributed by atoms with Crippen molar-refractivity contribution in [1.82, 2.24) is 14.8 Å². The van der Waals surface area contributed by atoms with Crippen molar-refractivity contribution in [3.05, 3.63) is 30.0 Å². The van der Waals surface area contributed by atoms with Gasteiger partial charge in [-0.05, 0) is 25.1 Å². The Morgan fingerprint density at radius 3 is 2.67 bits per heavy atom. The van der Waals surface area contributed by atoms with Gasteiger partial charge in [0.1, 0.15) is 5.82 Å². The molecule has 0 aliphatic carbocycles. The highest BCUT2D eigenvalue weighted by Crippen LogP contribution is 2.32. The molecule has 0 amide bonds. The van der Waals surface area contributed by atoms with Crippen LogP contribution >= 0.6 is 0 Å². The molecule has 0 fully saturated rings. The van der Waals surface area contributed by atoms with Gasteiger partial charge < -0.3 is 5.73 Å². The highest BCUT2D eigenvalue weighted by molar-refractivity contribution is 5.58. The van der Waals surface area contributed by atoms with E-state index in [4.69, 9.17) is 5.73 Å². The smallest absolute Gasteiger partial charge is 0.384 e. The molecule has 0 saturated heterocycles. The van der Waals surface area contributed by atoms with Gasteiger partial charge in [0.05, 0.1) is 17.0 Å². The maximum Gasteiger partial charge on any atom is 0.416 e. The molecule has 0 aliphatic heterocycles. The molecule has 2 aromatic rings. The monoisotopic (exact) mass is 256 g/mol. The van der Waals surface area contributed by atoms with E-state index in [-0.39, 0.29) is 11.5 Å². The SMILES string of the molecule is CCn1nccc1-c1cc(C(F)(F)F)cc(N)n1. The normalized spacial score (nSPS) is 11.8. The van der Waals surface area contributed by atoms with Gasteiger partial charge in [0, 0.05) is 12.7 Å². The van der Waals surface area contributed by atoms with Gasteiger partial charge >= 0.3 is 6.18 Å². The first-order chi connectivity index (χ1) is 8.41. The van der Waals surface area contributed by atoms with E-state index in [1.54, 1.807) is 10.7 Å². The fraction of sp³-hybridized carbons (Fsp3) is 0.273. The summed E-state index contributed by atoms with van der Waals surface area (Å²) in [4.78, 5) is 3.92. The highest BCUT2D eigenvalue weighted by atomic mass is 19.4. The van der Waals surface area contributed by atoms with Crippen molar-refractivity contribution in [2.75, 3.05) is 5.73 Å². The van der Waals surface area contributed by atoms with Crippen LogP contribution in [0.4, 0.5) is 19.0 Å². The lowest BCUT2D eigenvalue weighted by molar-refractivity contribution is -0.137. The Morgan fingerprint density at radius 2 is 2.06 bits per heavy atom. The van der Waals surface area contributed by atoms with E-state index in [9.17, 15) is 13.2 Å². The number of aryl methyl sites for hydroxylation is 1. The fourth-order valence-corrected chi connectivity index (χ4v) is 1.65. The zero-order valence-corrected chi connectivity index (χ0v) is 9.57. The zero-order chi connectivity index (χ0) is 13.3. The van der Waals surface area contributed by atoms with E-state index in [2.05, 4.69) is 10.1 Å². The quantitative estimate of drug-likeness (QED) is 0.898. The number of rotatable bonds is 2. The molecule has 2 rings (SSSR count). The van der Waals surface area contributed by atoms with E-state index in [1.807, 2.05) is 6.92 Å². The molecule has 2 N–H and O–H groups in total. The number of hydrogen-bond donors (Lipinski definition) is 1. The summed E-state index contributed by atoms with van der Waals surface area (Å²) in [5.41, 5.74) is 5.28. The van der Waals surface area contributed by atoms with Crippen LogP contribution in [-0.2, 0) is 12.7 Å². The molecular weight excluding hydrogens is 245 g/mol. The van der Waals surface area contributed by atoms with Crippen LogP contribution in [0.5, 0.6) is 0 Å². The lowest BCUT2D eigenvalue weighted by Crippen LogP contribution is -2.08. The van der Waals surface area contributed by atoms with Gasteiger partial charge in [-0.15, -0.1) is 0 Å². The van der Waals surface area contributed by atoms with Crippen molar-refractivity contribution >= 4 is 5.82 Å². The number of alkyl halides is 3. The summed E-state index contributed by atoms with van der Waals surface area (Å²) in [7, 11) is 0. The second kappa shape index (κ2) is 4.32. The number of aromatic nitrogens is 3. The van der Waals surface area contributed by atoms with Crippen LogP contribution in [0.3, 0.4) is 0 Å². The van der Waals surface area contributed by atoms with Crippen molar-refractivity contribution in [1.29, 1.82) is 0 Å². The standard InChI is InChI=1S/C11H11F3N4/c1-2-18-9(3-4-16-18)8-5-7(11(12,13)14)6-10(15)17-8/h3-6H,2H2,1H3,(H2,15,17). The maximum absolute atomic E-state index is 12.7. The molecule has 18 heavy (non-hydrogen) atoms. The average Bonchev–Trinajstić information content (AvgIpc) is 2.74. The van der Waals surface area contributed by atoms with Crippen LogP contribution in [0.1, 0.15) is 12.5 Å². The summed E-state index contributed by atoms with van der Waals surface area (Å²) >= 11 is 0. The Kier molecular flexibility index (Phi) is 2.98. The van der Waals surface area contributed by atoms with Crippen molar-refractivity contribution in [2.45, 2.75) is 19.6 Å². The first-order valence-electron chi connectivity index (χ1n) is 5.28.